The van der Waals surface area contributed by atoms with Crippen LogP contribution in [0.15, 0.2) is 22.7 Å². The zero-order chi connectivity index (χ0) is 18.6. The van der Waals surface area contributed by atoms with Crippen LogP contribution in [0.1, 0.15) is 30.4 Å². The van der Waals surface area contributed by atoms with E-state index in [2.05, 4.69) is 10.5 Å². The number of benzene rings is 1. The quantitative estimate of drug-likeness (QED) is 0.788. The number of hydrogen-bond donors (Lipinski definition) is 1. The number of halogens is 2. The van der Waals surface area contributed by atoms with Crippen LogP contribution in [0.3, 0.4) is 0 Å². The number of carbonyl (C=O) groups is 2. The molecule has 25 heavy (non-hydrogen) atoms. The minimum absolute atomic E-state index is 0.0604. The van der Waals surface area contributed by atoms with Crippen molar-refractivity contribution < 1.29 is 23.2 Å². The van der Waals surface area contributed by atoms with Gasteiger partial charge < -0.3 is 14.6 Å². The number of hydrogen-bond acceptors (Lipinski definition) is 5. The molecule has 0 aliphatic rings. The van der Waals surface area contributed by atoms with Gasteiger partial charge in [0.05, 0.1) is 16.4 Å². The summed E-state index contributed by atoms with van der Waals surface area (Å²) < 4.78 is 23.1. The molecule has 2 rings (SSSR count). The van der Waals surface area contributed by atoms with E-state index in [9.17, 15) is 14.0 Å². The predicted octanol–water partition coefficient (Wildman–Crippen LogP) is 3.59. The van der Waals surface area contributed by atoms with Crippen LogP contribution in [0.4, 0.5) is 10.1 Å². The van der Waals surface area contributed by atoms with Gasteiger partial charge in [0.15, 0.2) is 6.10 Å². The summed E-state index contributed by atoms with van der Waals surface area (Å²) >= 11 is 5.84. The molecule has 8 heteroatoms. The molecule has 1 amide bonds. The van der Waals surface area contributed by atoms with Gasteiger partial charge in [0.25, 0.3) is 5.91 Å². The Morgan fingerprint density at radius 2 is 2.12 bits per heavy atom. The Balaban J connectivity index is 1.86. The van der Waals surface area contributed by atoms with Gasteiger partial charge in [-0.15, -0.1) is 0 Å². The van der Waals surface area contributed by atoms with E-state index in [-0.39, 0.29) is 17.1 Å². The molecule has 1 N–H and O–H groups in total. The largest absolute Gasteiger partial charge is 0.453 e. The molecule has 0 aliphatic carbocycles. The molecule has 1 atom stereocenters. The molecule has 2 aromatic rings. The smallest absolute Gasteiger partial charge is 0.306 e. The molecule has 0 radical (unpaired) electrons. The van der Waals surface area contributed by atoms with Crippen LogP contribution in [-0.2, 0) is 20.7 Å². The van der Waals surface area contributed by atoms with Crippen molar-refractivity contribution >= 4 is 29.2 Å². The molecule has 6 nitrogen and oxygen atoms in total. The molecule has 0 bridgehead atoms. The van der Waals surface area contributed by atoms with Gasteiger partial charge in [-0.05, 0) is 45.4 Å². The summed E-state index contributed by atoms with van der Waals surface area (Å²) in [5, 5.41) is 6.37. The molecule has 1 aromatic heterocycles. The normalized spacial score (nSPS) is 11.9. The molecule has 134 valence electrons. The number of rotatable bonds is 6. The third kappa shape index (κ3) is 5.03. The Kier molecular flexibility index (Phi) is 6.14. The summed E-state index contributed by atoms with van der Waals surface area (Å²) in [5.41, 5.74) is 1.82. The number of ether oxygens (including phenoxy) is 1. The maximum atomic E-state index is 13.0. The van der Waals surface area contributed by atoms with E-state index in [0.717, 1.165) is 17.3 Å². The third-order valence-corrected chi connectivity index (χ3v) is 3.94. The fraction of sp³-hybridized carbons (Fsp3) is 0.353. The average molecular weight is 369 g/mol. The maximum absolute atomic E-state index is 13.0. The Morgan fingerprint density at radius 1 is 1.40 bits per heavy atom. The van der Waals surface area contributed by atoms with Gasteiger partial charge in [-0.25, -0.2) is 4.39 Å². The number of nitrogens with zero attached hydrogens (tertiary/aromatic N) is 1. The summed E-state index contributed by atoms with van der Waals surface area (Å²) in [4.78, 5) is 24.0. The summed E-state index contributed by atoms with van der Waals surface area (Å²) in [5.74, 6) is -0.934. The number of aromatic nitrogens is 1. The molecule has 0 unspecified atom stereocenters. The number of esters is 1. The molecule has 1 aromatic carbocycles. The van der Waals surface area contributed by atoms with Crippen LogP contribution >= 0.6 is 11.6 Å². The number of anilines is 1. The third-order valence-electron chi connectivity index (χ3n) is 3.63. The van der Waals surface area contributed by atoms with Crippen LogP contribution in [0, 0.1) is 19.7 Å². The second-order valence-electron chi connectivity index (χ2n) is 5.55. The second-order valence-corrected chi connectivity index (χ2v) is 5.96. The Labute approximate surface area is 149 Å². The van der Waals surface area contributed by atoms with Crippen molar-refractivity contribution in [1.29, 1.82) is 0 Å². The van der Waals surface area contributed by atoms with Crippen LogP contribution in [0.25, 0.3) is 0 Å². The number of carbonyl (C=O) groups excluding carboxylic acids is 2. The highest BCUT2D eigenvalue weighted by Gasteiger charge is 2.20. The van der Waals surface area contributed by atoms with E-state index in [4.69, 9.17) is 20.9 Å². The molecule has 0 saturated heterocycles. The predicted molar refractivity (Wildman–Crippen MR) is 89.9 cm³/mol. The van der Waals surface area contributed by atoms with Crippen LogP contribution in [-0.4, -0.2) is 23.1 Å². The minimum atomic E-state index is -1.02. The monoisotopic (exact) mass is 368 g/mol. The van der Waals surface area contributed by atoms with E-state index in [1.165, 1.54) is 19.1 Å². The lowest BCUT2D eigenvalue weighted by atomic mass is 10.1. The van der Waals surface area contributed by atoms with Crippen molar-refractivity contribution in [3.05, 3.63) is 46.1 Å². The van der Waals surface area contributed by atoms with Crippen molar-refractivity contribution in [3.8, 4) is 0 Å². The highest BCUT2D eigenvalue weighted by molar-refractivity contribution is 6.33. The summed E-state index contributed by atoms with van der Waals surface area (Å²) in [6.07, 6.45) is -0.506. The van der Waals surface area contributed by atoms with Crippen molar-refractivity contribution in [2.45, 2.75) is 39.7 Å². The minimum Gasteiger partial charge on any atom is -0.453 e. The first-order chi connectivity index (χ1) is 11.8. The molecule has 0 aliphatic heterocycles. The van der Waals surface area contributed by atoms with Gasteiger partial charge in [-0.2, -0.15) is 0 Å². The molecule has 0 spiro atoms. The Morgan fingerprint density at radius 3 is 2.72 bits per heavy atom. The van der Waals surface area contributed by atoms with Crippen molar-refractivity contribution in [2.24, 2.45) is 0 Å². The molecule has 0 fully saturated rings. The van der Waals surface area contributed by atoms with Gasteiger partial charge in [0.1, 0.15) is 11.6 Å². The first kappa shape index (κ1) is 18.9. The Hall–Kier alpha value is -2.41. The van der Waals surface area contributed by atoms with Gasteiger partial charge in [0.2, 0.25) is 0 Å². The van der Waals surface area contributed by atoms with E-state index in [0.29, 0.717) is 12.2 Å². The number of nitrogens with one attached hydrogen (secondary N) is 1. The van der Waals surface area contributed by atoms with Crippen LogP contribution < -0.4 is 5.32 Å². The zero-order valence-electron chi connectivity index (χ0n) is 14.1. The van der Waals surface area contributed by atoms with Crippen molar-refractivity contribution in [1.82, 2.24) is 5.16 Å². The number of aryl methyl sites for hydroxylation is 2. The molecule has 0 saturated carbocycles. The topological polar surface area (TPSA) is 81.4 Å². The van der Waals surface area contributed by atoms with Gasteiger partial charge in [-0.1, -0.05) is 16.8 Å². The number of amides is 1. The van der Waals surface area contributed by atoms with Crippen molar-refractivity contribution in [2.75, 3.05) is 5.32 Å². The maximum Gasteiger partial charge on any atom is 0.306 e. The first-order valence-corrected chi connectivity index (χ1v) is 8.03. The standard InChI is InChI=1S/C17H18ClFN2O4/c1-9-13(10(2)25-21-9)5-7-16(22)24-11(3)17(23)20-15-6-4-12(19)8-14(15)18/h4,6,8,11H,5,7H2,1-3H3,(H,20,23)/t11-/m1/s1. The zero-order valence-corrected chi connectivity index (χ0v) is 14.8. The lowest BCUT2D eigenvalue weighted by molar-refractivity contribution is -0.153. The summed E-state index contributed by atoms with van der Waals surface area (Å²) in [7, 11) is 0. The molecular weight excluding hydrogens is 351 g/mol. The summed E-state index contributed by atoms with van der Waals surface area (Å²) in [6, 6.07) is 3.58. The van der Waals surface area contributed by atoms with Crippen LogP contribution in [0.2, 0.25) is 5.02 Å². The first-order valence-electron chi connectivity index (χ1n) is 7.65. The fourth-order valence-corrected chi connectivity index (χ4v) is 2.44. The lowest BCUT2D eigenvalue weighted by Crippen LogP contribution is -2.30. The van der Waals surface area contributed by atoms with E-state index in [1.54, 1.807) is 13.8 Å². The van der Waals surface area contributed by atoms with E-state index >= 15 is 0 Å². The van der Waals surface area contributed by atoms with Gasteiger partial charge in [-0.3, -0.25) is 9.59 Å². The fourth-order valence-electron chi connectivity index (χ4n) is 2.22. The SMILES string of the molecule is Cc1noc(C)c1CCC(=O)O[C@H](C)C(=O)Nc1ccc(F)cc1Cl. The van der Waals surface area contributed by atoms with E-state index < -0.39 is 23.8 Å². The van der Waals surface area contributed by atoms with Gasteiger partial charge >= 0.3 is 5.97 Å². The lowest BCUT2D eigenvalue weighted by Gasteiger charge is -2.14. The molecular formula is C17H18ClFN2O4. The van der Waals surface area contributed by atoms with Crippen LogP contribution in [0.5, 0.6) is 0 Å². The Bertz CT molecular complexity index is 771. The van der Waals surface area contributed by atoms with E-state index in [1.807, 2.05) is 0 Å². The second kappa shape index (κ2) is 8.11. The highest BCUT2D eigenvalue weighted by Crippen LogP contribution is 2.22. The van der Waals surface area contributed by atoms with Crippen molar-refractivity contribution in [3.63, 3.8) is 0 Å². The van der Waals surface area contributed by atoms with Gasteiger partial charge in [0, 0.05) is 12.0 Å². The summed E-state index contributed by atoms with van der Waals surface area (Å²) in [6.45, 7) is 5.00. The molecule has 1 heterocycles. The highest BCUT2D eigenvalue weighted by atomic mass is 35.5. The average Bonchev–Trinajstić information content (AvgIpc) is 2.86.